The van der Waals surface area contributed by atoms with E-state index >= 15 is 0 Å². The van der Waals surface area contributed by atoms with Gasteiger partial charge >= 0.3 is 17.9 Å². The van der Waals surface area contributed by atoms with Crippen LogP contribution in [0.5, 0.6) is 0 Å². The largest absolute Gasteiger partial charge is 0.463 e. The van der Waals surface area contributed by atoms with Crippen molar-refractivity contribution in [2.24, 2.45) is 5.92 Å². The van der Waals surface area contributed by atoms with Crippen LogP contribution in [0.1, 0.15) is 61.3 Å². The van der Waals surface area contributed by atoms with Crippen LogP contribution in [0.3, 0.4) is 0 Å². The second-order valence-electron chi connectivity index (χ2n) is 11.6. The molecule has 1 saturated carbocycles. The van der Waals surface area contributed by atoms with Crippen LogP contribution in [-0.4, -0.2) is 104 Å². The van der Waals surface area contributed by atoms with E-state index in [-0.39, 0.29) is 19.3 Å². The van der Waals surface area contributed by atoms with Crippen LogP contribution >= 0.6 is 0 Å². The van der Waals surface area contributed by atoms with Crippen molar-refractivity contribution in [2.45, 2.75) is 135 Å². The van der Waals surface area contributed by atoms with Crippen molar-refractivity contribution in [3.63, 3.8) is 0 Å². The maximum atomic E-state index is 12.3. The van der Waals surface area contributed by atoms with Gasteiger partial charge in [-0.25, -0.2) is 0 Å². The van der Waals surface area contributed by atoms with E-state index in [2.05, 4.69) is 6.58 Å². The molecule has 0 radical (unpaired) electrons. The molecule has 4 aliphatic rings. The zero-order valence-corrected chi connectivity index (χ0v) is 25.3. The minimum Gasteiger partial charge on any atom is -0.463 e. The molecule has 13 nitrogen and oxygen atoms in total. The Bertz CT molecular complexity index is 981. The Kier molecular flexibility index (Phi) is 10.7. The Balaban J connectivity index is 1.67. The molecule has 1 aliphatic carbocycles. The highest BCUT2D eigenvalue weighted by molar-refractivity contribution is 5.68. The molecule has 1 unspecified atom stereocenters. The summed E-state index contributed by atoms with van der Waals surface area (Å²) in [6.07, 6.45) is -5.45. The molecule has 4 rings (SSSR count). The molecule has 0 bridgehead atoms. The first-order valence-electron chi connectivity index (χ1n) is 14.5. The fourth-order valence-corrected chi connectivity index (χ4v) is 5.61. The fraction of sp³-hybridized carbons (Fsp3) is 0.828. The van der Waals surface area contributed by atoms with Crippen molar-refractivity contribution in [1.82, 2.24) is 0 Å². The van der Waals surface area contributed by atoms with Gasteiger partial charge in [-0.2, -0.15) is 0 Å². The molecule has 3 saturated heterocycles. The molecular formula is C29H44O13. The monoisotopic (exact) mass is 600 g/mol. The van der Waals surface area contributed by atoms with Gasteiger partial charge in [0, 0.05) is 20.8 Å². The summed E-state index contributed by atoms with van der Waals surface area (Å²) < 4.78 is 60.3. The number of hydrogen-bond donors (Lipinski definition) is 0. The molecule has 0 spiro atoms. The molecule has 238 valence electrons. The topological polar surface area (TPSA) is 144 Å². The van der Waals surface area contributed by atoms with Crippen molar-refractivity contribution < 1.29 is 61.8 Å². The Hall–Kier alpha value is -2.13. The molecule has 0 aromatic rings. The molecule has 3 heterocycles. The van der Waals surface area contributed by atoms with Crippen molar-refractivity contribution in [3.05, 3.63) is 12.7 Å². The zero-order chi connectivity index (χ0) is 30.8. The van der Waals surface area contributed by atoms with E-state index in [0.717, 1.165) is 12.8 Å². The van der Waals surface area contributed by atoms with Crippen molar-refractivity contribution in [1.29, 1.82) is 0 Å². The van der Waals surface area contributed by atoms with E-state index in [1.165, 1.54) is 20.8 Å². The lowest BCUT2D eigenvalue weighted by Crippen LogP contribution is -2.65. The predicted molar refractivity (Wildman–Crippen MR) is 143 cm³/mol. The standard InChI is InChI=1S/C29H44O13/c1-9-12-33-27-26-24(41-29(7,8)42-26)21(15(3)36-27)40-28-25(35-14(2)19-10-11-19)23(38-18(6)32)22(37-17(5)31)20(39-28)13-34-16(4)30/h9,14-15,19-28H,1,10-13H2,2-8H3/t14?,15-,20+,21-,22+,23-,24+,25+,26+,27+,28-/m0/s1. The Morgan fingerprint density at radius 3 is 2.14 bits per heavy atom. The zero-order valence-electron chi connectivity index (χ0n) is 25.3. The van der Waals surface area contributed by atoms with Gasteiger partial charge in [-0.05, 0) is 46.5 Å². The molecule has 42 heavy (non-hydrogen) atoms. The maximum Gasteiger partial charge on any atom is 0.303 e. The summed E-state index contributed by atoms with van der Waals surface area (Å²) >= 11 is 0. The minimum absolute atomic E-state index is 0.236. The predicted octanol–water partition coefficient (Wildman–Crippen LogP) is 2.17. The summed E-state index contributed by atoms with van der Waals surface area (Å²) in [7, 11) is 0. The fourth-order valence-electron chi connectivity index (χ4n) is 5.61. The van der Waals surface area contributed by atoms with E-state index in [9.17, 15) is 14.4 Å². The highest BCUT2D eigenvalue weighted by Gasteiger charge is 2.59. The summed E-state index contributed by atoms with van der Waals surface area (Å²) in [6.45, 7) is 14.7. The Morgan fingerprint density at radius 2 is 1.55 bits per heavy atom. The van der Waals surface area contributed by atoms with Gasteiger partial charge in [-0.3, -0.25) is 14.4 Å². The highest BCUT2D eigenvalue weighted by Crippen LogP contribution is 2.42. The third-order valence-corrected chi connectivity index (χ3v) is 7.54. The van der Waals surface area contributed by atoms with Gasteiger partial charge in [-0.1, -0.05) is 6.08 Å². The van der Waals surface area contributed by atoms with Crippen LogP contribution in [0.4, 0.5) is 0 Å². The first-order valence-corrected chi connectivity index (χ1v) is 14.5. The second-order valence-corrected chi connectivity index (χ2v) is 11.6. The van der Waals surface area contributed by atoms with Gasteiger partial charge in [0.1, 0.15) is 37.1 Å². The first-order chi connectivity index (χ1) is 19.8. The SMILES string of the molecule is C=CCO[C@@H]1O[C@@H](C)[C@H](O[C@@H]2O[C@H](COC(C)=O)[C@@H](OC(C)=O)[C@H](OC(C)=O)[C@H]2OC(C)C2CC2)[C@H]2OC(C)(C)O[C@@H]12. The van der Waals surface area contributed by atoms with Crippen LogP contribution in [0.2, 0.25) is 0 Å². The summed E-state index contributed by atoms with van der Waals surface area (Å²) in [4.78, 5) is 36.2. The maximum absolute atomic E-state index is 12.3. The molecule has 0 amide bonds. The Labute approximate surface area is 246 Å². The first kappa shape index (κ1) is 32.8. The highest BCUT2D eigenvalue weighted by atomic mass is 16.8. The molecule has 3 aliphatic heterocycles. The van der Waals surface area contributed by atoms with Crippen molar-refractivity contribution in [2.75, 3.05) is 13.2 Å². The molecule has 0 N–H and O–H groups in total. The lowest BCUT2D eigenvalue weighted by molar-refractivity contribution is -0.354. The number of hydrogen-bond acceptors (Lipinski definition) is 13. The number of esters is 3. The number of carbonyl (C=O) groups excluding carboxylic acids is 3. The van der Waals surface area contributed by atoms with E-state index in [1.54, 1.807) is 19.9 Å². The quantitative estimate of drug-likeness (QED) is 0.184. The summed E-state index contributed by atoms with van der Waals surface area (Å²) in [5, 5.41) is 0. The van der Waals surface area contributed by atoms with Crippen LogP contribution in [0.25, 0.3) is 0 Å². The number of rotatable bonds is 12. The van der Waals surface area contributed by atoms with E-state index in [1.807, 2.05) is 13.8 Å². The molecule has 11 atom stereocenters. The molecular weight excluding hydrogens is 556 g/mol. The molecule has 0 aromatic heterocycles. The lowest BCUT2D eigenvalue weighted by atomic mass is 9.96. The normalized spacial score (nSPS) is 38.2. The van der Waals surface area contributed by atoms with Crippen molar-refractivity contribution in [3.8, 4) is 0 Å². The molecule has 0 aromatic carbocycles. The molecule has 13 heteroatoms. The van der Waals surface area contributed by atoms with Gasteiger partial charge in [0.25, 0.3) is 0 Å². The van der Waals surface area contributed by atoms with Gasteiger partial charge in [-0.15, -0.1) is 6.58 Å². The van der Waals surface area contributed by atoms with Gasteiger partial charge in [0.15, 0.2) is 30.6 Å². The Morgan fingerprint density at radius 1 is 0.905 bits per heavy atom. The summed E-state index contributed by atoms with van der Waals surface area (Å²) in [5.41, 5.74) is 0. The van der Waals surface area contributed by atoms with E-state index < -0.39 is 85.1 Å². The lowest BCUT2D eigenvalue weighted by Gasteiger charge is -2.48. The third kappa shape index (κ3) is 8.07. The average Bonchev–Trinajstić information content (AvgIpc) is 3.68. The van der Waals surface area contributed by atoms with Crippen LogP contribution in [0.15, 0.2) is 12.7 Å². The third-order valence-electron chi connectivity index (χ3n) is 7.54. The van der Waals surface area contributed by atoms with Gasteiger partial charge < -0.3 is 47.4 Å². The van der Waals surface area contributed by atoms with E-state index in [4.69, 9.17) is 47.4 Å². The number of ether oxygens (including phenoxy) is 10. The number of carbonyl (C=O) groups is 3. The van der Waals surface area contributed by atoms with Crippen molar-refractivity contribution >= 4 is 17.9 Å². The minimum atomic E-state index is -1.17. The van der Waals surface area contributed by atoms with E-state index in [0.29, 0.717) is 5.92 Å². The molecule has 4 fully saturated rings. The summed E-state index contributed by atoms with van der Waals surface area (Å²) in [6, 6.07) is 0. The van der Waals surface area contributed by atoms with Gasteiger partial charge in [0.2, 0.25) is 0 Å². The van der Waals surface area contributed by atoms with Gasteiger partial charge in [0.05, 0.1) is 18.8 Å². The van der Waals surface area contributed by atoms with Crippen LogP contribution in [-0.2, 0) is 61.8 Å². The summed E-state index contributed by atoms with van der Waals surface area (Å²) in [5.74, 6) is -2.47. The van der Waals surface area contributed by atoms with Crippen LogP contribution in [0, 0.1) is 5.92 Å². The smallest absolute Gasteiger partial charge is 0.303 e. The second kappa shape index (κ2) is 13.7. The number of fused-ring (bicyclic) bond motifs is 1. The van der Waals surface area contributed by atoms with Crippen LogP contribution < -0.4 is 0 Å². The average molecular weight is 601 g/mol.